The van der Waals surface area contributed by atoms with E-state index in [1.165, 1.54) is 6.07 Å². The zero-order chi connectivity index (χ0) is 11.6. The Hall–Kier alpha value is -1.00. The normalized spacial score (nSPS) is 24.3. The van der Waals surface area contributed by atoms with Gasteiger partial charge in [0.05, 0.1) is 11.9 Å². The molecule has 4 heteroatoms. The number of nitrogens with one attached hydrogen (secondary N) is 1. The molecule has 2 heterocycles. The second-order valence-corrected chi connectivity index (χ2v) is 4.29. The van der Waals surface area contributed by atoms with Crippen molar-refractivity contribution in [1.29, 1.82) is 0 Å². The maximum Gasteiger partial charge on any atom is 0.141 e. The quantitative estimate of drug-likeness (QED) is 0.819. The van der Waals surface area contributed by atoms with Crippen LogP contribution in [0.2, 0.25) is 0 Å². The van der Waals surface area contributed by atoms with Crippen molar-refractivity contribution in [2.45, 2.75) is 37.8 Å². The van der Waals surface area contributed by atoms with E-state index >= 15 is 0 Å². The molecule has 1 fully saturated rings. The lowest BCUT2D eigenvalue weighted by molar-refractivity contribution is -0.00530. The molecule has 0 aliphatic carbocycles. The molecule has 3 nitrogen and oxygen atoms in total. The van der Waals surface area contributed by atoms with E-state index in [4.69, 9.17) is 0 Å². The maximum absolute atomic E-state index is 12.8. The van der Waals surface area contributed by atoms with Crippen LogP contribution >= 0.6 is 0 Å². The summed E-state index contributed by atoms with van der Waals surface area (Å²) in [7, 11) is 0. The van der Waals surface area contributed by atoms with Gasteiger partial charge < -0.3 is 10.4 Å². The Kier molecular flexibility index (Phi) is 3.21. The van der Waals surface area contributed by atoms with Gasteiger partial charge in [0, 0.05) is 6.04 Å². The fourth-order valence-electron chi connectivity index (χ4n) is 2.33. The maximum atomic E-state index is 12.8. The largest absolute Gasteiger partial charge is 0.382 e. The molecular weight excluding hydrogens is 207 g/mol. The second kappa shape index (κ2) is 4.47. The van der Waals surface area contributed by atoms with E-state index in [2.05, 4.69) is 10.3 Å². The molecule has 1 aliphatic rings. The van der Waals surface area contributed by atoms with Gasteiger partial charge in [-0.15, -0.1) is 0 Å². The molecule has 2 unspecified atom stereocenters. The molecule has 0 bridgehead atoms. The molecule has 1 aromatic rings. The van der Waals surface area contributed by atoms with Gasteiger partial charge in [0.1, 0.15) is 11.4 Å². The molecule has 1 saturated heterocycles. The van der Waals surface area contributed by atoms with Crippen LogP contribution in [0.4, 0.5) is 4.39 Å². The molecular formula is C12H17FN2O. The van der Waals surface area contributed by atoms with Crippen molar-refractivity contribution in [3.05, 3.63) is 29.8 Å². The summed E-state index contributed by atoms with van der Waals surface area (Å²) in [6, 6.07) is 2.94. The predicted molar refractivity (Wildman–Crippen MR) is 59.4 cm³/mol. The molecule has 1 aliphatic heterocycles. The lowest BCUT2D eigenvalue weighted by Gasteiger charge is -2.32. The number of hydrogen-bond donors (Lipinski definition) is 2. The highest BCUT2D eigenvalue weighted by atomic mass is 19.1. The molecule has 0 saturated carbocycles. The highest BCUT2D eigenvalue weighted by Crippen LogP contribution is 2.31. The molecule has 0 spiro atoms. The number of nitrogens with zero attached hydrogens (tertiary/aromatic N) is 1. The summed E-state index contributed by atoms with van der Waals surface area (Å²) in [6.45, 7) is 2.85. The Morgan fingerprint density at radius 2 is 2.44 bits per heavy atom. The van der Waals surface area contributed by atoms with Gasteiger partial charge in [0.15, 0.2) is 0 Å². The van der Waals surface area contributed by atoms with E-state index in [0.29, 0.717) is 12.1 Å². The van der Waals surface area contributed by atoms with Crippen LogP contribution in [0.3, 0.4) is 0 Å². The lowest BCUT2D eigenvalue weighted by atomic mass is 9.86. The van der Waals surface area contributed by atoms with Crippen molar-refractivity contribution < 1.29 is 9.50 Å². The summed E-state index contributed by atoms with van der Waals surface area (Å²) in [5.74, 6) is -0.374. The fourth-order valence-corrected chi connectivity index (χ4v) is 2.33. The monoisotopic (exact) mass is 224 g/mol. The van der Waals surface area contributed by atoms with Gasteiger partial charge >= 0.3 is 0 Å². The first-order chi connectivity index (χ1) is 7.66. The second-order valence-electron chi connectivity index (χ2n) is 4.29. The Balaban J connectivity index is 2.29. The summed E-state index contributed by atoms with van der Waals surface area (Å²) in [4.78, 5) is 4.00. The van der Waals surface area contributed by atoms with Crippen LogP contribution in [0.25, 0.3) is 0 Å². The third-order valence-corrected chi connectivity index (χ3v) is 3.35. The Morgan fingerprint density at radius 1 is 1.62 bits per heavy atom. The molecule has 1 aromatic heterocycles. The Morgan fingerprint density at radius 3 is 2.94 bits per heavy atom. The zero-order valence-corrected chi connectivity index (χ0v) is 9.41. The number of pyridine rings is 1. The van der Waals surface area contributed by atoms with Gasteiger partial charge in [-0.3, -0.25) is 4.98 Å². The Labute approximate surface area is 94.7 Å². The minimum Gasteiger partial charge on any atom is -0.382 e. The van der Waals surface area contributed by atoms with Gasteiger partial charge in [-0.25, -0.2) is 4.39 Å². The van der Waals surface area contributed by atoms with Crippen molar-refractivity contribution in [2.75, 3.05) is 6.54 Å². The smallest absolute Gasteiger partial charge is 0.141 e. The van der Waals surface area contributed by atoms with Gasteiger partial charge in [-0.2, -0.15) is 0 Å². The van der Waals surface area contributed by atoms with E-state index in [9.17, 15) is 9.50 Å². The summed E-state index contributed by atoms with van der Waals surface area (Å²) in [5.41, 5.74) is -0.430. The summed E-state index contributed by atoms with van der Waals surface area (Å²) < 4.78 is 12.8. The average Bonchev–Trinajstić information content (AvgIpc) is 2.83. The fraction of sp³-hybridized carbons (Fsp3) is 0.583. The van der Waals surface area contributed by atoms with Crippen LogP contribution in [0.5, 0.6) is 0 Å². The molecule has 2 N–H and O–H groups in total. The highest BCUT2D eigenvalue weighted by Gasteiger charge is 2.39. The molecule has 0 amide bonds. The third kappa shape index (κ3) is 1.95. The van der Waals surface area contributed by atoms with Crippen LogP contribution in [-0.4, -0.2) is 22.7 Å². The van der Waals surface area contributed by atoms with E-state index in [-0.39, 0.29) is 11.9 Å². The molecule has 0 aromatic carbocycles. The van der Waals surface area contributed by atoms with Crippen molar-refractivity contribution in [1.82, 2.24) is 10.3 Å². The van der Waals surface area contributed by atoms with Crippen LogP contribution in [-0.2, 0) is 5.60 Å². The van der Waals surface area contributed by atoms with E-state index in [0.717, 1.165) is 25.6 Å². The minimum absolute atomic E-state index is 0.0236. The van der Waals surface area contributed by atoms with Crippen molar-refractivity contribution >= 4 is 0 Å². The standard InChI is InChI=1S/C12H17FN2O/c1-2-12(16,10-4-3-7-14-10)11-6-5-9(13)8-15-11/h5-6,8,10,14,16H,2-4,7H2,1H3. The minimum atomic E-state index is -0.982. The van der Waals surface area contributed by atoms with Crippen molar-refractivity contribution in [3.8, 4) is 0 Å². The van der Waals surface area contributed by atoms with E-state index in [1.807, 2.05) is 6.92 Å². The number of aliphatic hydroxyl groups is 1. The molecule has 2 rings (SSSR count). The van der Waals surface area contributed by atoms with Crippen LogP contribution in [0.15, 0.2) is 18.3 Å². The summed E-state index contributed by atoms with van der Waals surface area (Å²) in [6.07, 6.45) is 3.73. The van der Waals surface area contributed by atoms with Gasteiger partial charge in [-0.05, 0) is 37.9 Å². The third-order valence-electron chi connectivity index (χ3n) is 3.35. The molecule has 2 atom stereocenters. The summed E-state index contributed by atoms with van der Waals surface area (Å²) >= 11 is 0. The summed E-state index contributed by atoms with van der Waals surface area (Å²) in [5, 5.41) is 13.9. The van der Waals surface area contributed by atoms with Gasteiger partial charge in [-0.1, -0.05) is 6.92 Å². The first-order valence-corrected chi connectivity index (χ1v) is 5.74. The highest BCUT2D eigenvalue weighted by molar-refractivity contribution is 5.17. The first-order valence-electron chi connectivity index (χ1n) is 5.74. The molecule has 0 radical (unpaired) electrons. The molecule has 16 heavy (non-hydrogen) atoms. The molecule has 88 valence electrons. The van der Waals surface area contributed by atoms with Crippen LogP contribution < -0.4 is 5.32 Å². The van der Waals surface area contributed by atoms with Gasteiger partial charge in [0.25, 0.3) is 0 Å². The number of aromatic nitrogens is 1. The predicted octanol–water partition coefficient (Wildman–Crippen LogP) is 1.57. The van der Waals surface area contributed by atoms with Gasteiger partial charge in [0.2, 0.25) is 0 Å². The van der Waals surface area contributed by atoms with Crippen LogP contribution in [0.1, 0.15) is 31.9 Å². The average molecular weight is 224 g/mol. The van der Waals surface area contributed by atoms with Crippen LogP contribution in [0, 0.1) is 5.82 Å². The number of halogens is 1. The van der Waals surface area contributed by atoms with Crippen molar-refractivity contribution in [2.24, 2.45) is 0 Å². The Bertz CT molecular complexity index is 349. The van der Waals surface area contributed by atoms with E-state index < -0.39 is 5.60 Å². The lowest BCUT2D eigenvalue weighted by Crippen LogP contribution is -2.45. The zero-order valence-electron chi connectivity index (χ0n) is 9.41. The first kappa shape index (κ1) is 11.5. The number of hydrogen-bond acceptors (Lipinski definition) is 3. The number of rotatable bonds is 3. The van der Waals surface area contributed by atoms with Crippen molar-refractivity contribution in [3.63, 3.8) is 0 Å². The van der Waals surface area contributed by atoms with E-state index in [1.54, 1.807) is 6.07 Å². The topological polar surface area (TPSA) is 45.2 Å². The SMILES string of the molecule is CCC(O)(c1ccc(F)cn1)C1CCCN1.